The van der Waals surface area contributed by atoms with Crippen molar-refractivity contribution in [1.29, 1.82) is 0 Å². The summed E-state index contributed by atoms with van der Waals surface area (Å²) in [6.45, 7) is 6.95. The molecule has 3 aromatic rings. The maximum absolute atomic E-state index is 12.3. The summed E-state index contributed by atoms with van der Waals surface area (Å²) in [5.74, 6) is 0.232. The van der Waals surface area contributed by atoms with E-state index < -0.39 is 0 Å². The second-order valence-electron chi connectivity index (χ2n) is 8.34. The van der Waals surface area contributed by atoms with Gasteiger partial charge < -0.3 is 15.4 Å². The Morgan fingerprint density at radius 1 is 0.875 bits per heavy atom. The number of hydrogen-bond acceptors (Lipinski definition) is 3. The lowest BCUT2D eigenvalue weighted by atomic mass is 9.82. The molecule has 5 heteroatoms. The molecule has 3 rings (SSSR count). The highest BCUT2D eigenvalue weighted by molar-refractivity contribution is 5.96. The molecule has 0 heterocycles. The van der Waals surface area contributed by atoms with Gasteiger partial charge >= 0.3 is 0 Å². The molecule has 0 saturated carbocycles. The summed E-state index contributed by atoms with van der Waals surface area (Å²) in [4.78, 5) is 24.5. The molecular formula is C27H30N2O3. The van der Waals surface area contributed by atoms with Crippen molar-refractivity contribution in [3.8, 4) is 5.75 Å². The van der Waals surface area contributed by atoms with Crippen LogP contribution < -0.4 is 15.4 Å². The van der Waals surface area contributed by atoms with Gasteiger partial charge in [-0.2, -0.15) is 0 Å². The van der Waals surface area contributed by atoms with Gasteiger partial charge in [0.25, 0.3) is 11.8 Å². The van der Waals surface area contributed by atoms with Crippen LogP contribution in [0.25, 0.3) is 0 Å². The summed E-state index contributed by atoms with van der Waals surface area (Å²) in [5, 5.41) is 5.67. The van der Waals surface area contributed by atoms with E-state index in [1.54, 1.807) is 24.3 Å². The molecule has 0 radical (unpaired) electrons. The van der Waals surface area contributed by atoms with Crippen molar-refractivity contribution in [2.45, 2.75) is 39.2 Å². The van der Waals surface area contributed by atoms with Crippen molar-refractivity contribution in [1.82, 2.24) is 5.32 Å². The van der Waals surface area contributed by atoms with Gasteiger partial charge in [0.1, 0.15) is 5.75 Å². The number of rotatable bonds is 9. The number of anilines is 1. The van der Waals surface area contributed by atoms with Gasteiger partial charge in [-0.15, -0.1) is 0 Å². The third kappa shape index (κ3) is 6.45. The van der Waals surface area contributed by atoms with E-state index in [9.17, 15) is 9.59 Å². The molecule has 0 spiro atoms. The minimum atomic E-state index is -0.260. The third-order valence-electron chi connectivity index (χ3n) is 5.62. The number of carbonyl (C=O) groups is 2. The molecule has 0 unspecified atom stereocenters. The summed E-state index contributed by atoms with van der Waals surface area (Å²) < 4.78 is 5.60. The summed E-state index contributed by atoms with van der Waals surface area (Å²) in [6, 6.07) is 24.4. The highest BCUT2D eigenvalue weighted by atomic mass is 16.5. The zero-order chi connectivity index (χ0) is 23.0. The molecule has 5 nitrogen and oxygen atoms in total. The van der Waals surface area contributed by atoms with Crippen LogP contribution in [-0.2, 0) is 16.8 Å². The quantitative estimate of drug-likeness (QED) is 0.483. The van der Waals surface area contributed by atoms with Crippen molar-refractivity contribution in [3.63, 3.8) is 0 Å². The van der Waals surface area contributed by atoms with Crippen molar-refractivity contribution in [3.05, 3.63) is 95.6 Å². The van der Waals surface area contributed by atoms with Crippen LogP contribution in [0.5, 0.6) is 5.75 Å². The number of carbonyl (C=O) groups excluding carboxylic acids is 2. The van der Waals surface area contributed by atoms with Crippen LogP contribution in [0.15, 0.2) is 78.9 Å². The summed E-state index contributed by atoms with van der Waals surface area (Å²) in [7, 11) is 0. The van der Waals surface area contributed by atoms with Crippen molar-refractivity contribution >= 4 is 17.5 Å². The average molecular weight is 431 g/mol. The Bertz CT molecular complexity index is 1030. The molecule has 166 valence electrons. The zero-order valence-electron chi connectivity index (χ0n) is 18.9. The summed E-state index contributed by atoms with van der Waals surface area (Å²) in [5.41, 5.74) is 3.53. The number of hydrogen-bond donors (Lipinski definition) is 2. The fraction of sp³-hybridized carbons (Fsp3) is 0.259. The summed E-state index contributed by atoms with van der Waals surface area (Å²) >= 11 is 0. The minimum Gasteiger partial charge on any atom is -0.484 e. The highest BCUT2D eigenvalue weighted by Gasteiger charge is 2.17. The van der Waals surface area contributed by atoms with E-state index in [0.29, 0.717) is 23.5 Å². The van der Waals surface area contributed by atoms with E-state index in [2.05, 4.69) is 31.4 Å². The van der Waals surface area contributed by atoms with Crippen LogP contribution >= 0.6 is 0 Å². The van der Waals surface area contributed by atoms with E-state index in [-0.39, 0.29) is 23.8 Å². The van der Waals surface area contributed by atoms with Crippen LogP contribution in [0, 0.1) is 0 Å². The van der Waals surface area contributed by atoms with Gasteiger partial charge in [-0.25, -0.2) is 0 Å². The molecule has 0 atom stereocenters. The smallest absolute Gasteiger partial charge is 0.262 e. The molecule has 0 aliphatic carbocycles. The first-order valence-corrected chi connectivity index (χ1v) is 10.8. The highest BCUT2D eigenvalue weighted by Crippen LogP contribution is 2.28. The second kappa shape index (κ2) is 10.6. The topological polar surface area (TPSA) is 67.4 Å². The van der Waals surface area contributed by atoms with E-state index in [1.807, 2.05) is 54.6 Å². The van der Waals surface area contributed by atoms with Crippen LogP contribution in [0.1, 0.15) is 48.7 Å². The lowest BCUT2D eigenvalue weighted by molar-refractivity contribution is -0.118. The van der Waals surface area contributed by atoms with E-state index in [0.717, 1.165) is 12.0 Å². The fourth-order valence-corrected chi connectivity index (χ4v) is 3.14. The molecule has 0 saturated heterocycles. The van der Waals surface area contributed by atoms with Gasteiger partial charge in [-0.1, -0.05) is 63.2 Å². The monoisotopic (exact) mass is 430 g/mol. The standard InChI is InChI=1S/C27H30N2O3/c1-4-27(2,3)22-12-16-24(17-13-22)32-19-25(30)29-23-14-10-21(11-15-23)26(31)28-18-20-8-6-5-7-9-20/h5-17H,4,18-19H2,1-3H3,(H,28,31)(H,29,30). The maximum Gasteiger partial charge on any atom is 0.262 e. The fourth-order valence-electron chi connectivity index (χ4n) is 3.14. The predicted octanol–water partition coefficient (Wildman–Crippen LogP) is 5.32. The van der Waals surface area contributed by atoms with Gasteiger partial charge in [0.15, 0.2) is 6.61 Å². The lowest BCUT2D eigenvalue weighted by Gasteiger charge is -2.23. The number of amides is 2. The Morgan fingerprint density at radius 2 is 1.53 bits per heavy atom. The van der Waals surface area contributed by atoms with Gasteiger partial charge in [-0.3, -0.25) is 9.59 Å². The Kier molecular flexibility index (Phi) is 7.66. The molecule has 32 heavy (non-hydrogen) atoms. The zero-order valence-corrected chi connectivity index (χ0v) is 18.9. The van der Waals surface area contributed by atoms with Crippen molar-refractivity contribution < 1.29 is 14.3 Å². The Balaban J connectivity index is 1.46. The van der Waals surface area contributed by atoms with Crippen LogP contribution in [0.2, 0.25) is 0 Å². The molecule has 0 fully saturated rings. The van der Waals surface area contributed by atoms with Crippen molar-refractivity contribution in [2.24, 2.45) is 0 Å². The molecule has 0 aromatic heterocycles. The normalized spacial score (nSPS) is 11.0. The third-order valence-corrected chi connectivity index (χ3v) is 5.62. The second-order valence-corrected chi connectivity index (χ2v) is 8.34. The molecule has 2 amide bonds. The van der Waals surface area contributed by atoms with E-state index in [4.69, 9.17) is 4.74 Å². The first-order valence-electron chi connectivity index (χ1n) is 10.8. The van der Waals surface area contributed by atoms with Crippen molar-refractivity contribution in [2.75, 3.05) is 11.9 Å². The van der Waals surface area contributed by atoms with Gasteiger partial charge in [-0.05, 0) is 59.4 Å². The van der Waals surface area contributed by atoms with E-state index >= 15 is 0 Å². The molecule has 3 aromatic carbocycles. The van der Waals surface area contributed by atoms with Crippen LogP contribution in [0.4, 0.5) is 5.69 Å². The van der Waals surface area contributed by atoms with Crippen LogP contribution in [-0.4, -0.2) is 18.4 Å². The lowest BCUT2D eigenvalue weighted by Crippen LogP contribution is -2.23. The Labute approximate surface area is 189 Å². The SMILES string of the molecule is CCC(C)(C)c1ccc(OCC(=O)Nc2ccc(C(=O)NCc3ccccc3)cc2)cc1. The Hall–Kier alpha value is -3.60. The molecule has 2 N–H and O–H groups in total. The van der Waals surface area contributed by atoms with Gasteiger partial charge in [0, 0.05) is 17.8 Å². The maximum atomic E-state index is 12.3. The molecule has 0 aliphatic rings. The predicted molar refractivity (Wildman–Crippen MR) is 128 cm³/mol. The van der Waals surface area contributed by atoms with Gasteiger partial charge in [0.2, 0.25) is 0 Å². The number of nitrogens with one attached hydrogen (secondary N) is 2. The minimum absolute atomic E-state index is 0.0875. The molecule has 0 bridgehead atoms. The van der Waals surface area contributed by atoms with Crippen LogP contribution in [0.3, 0.4) is 0 Å². The molecule has 0 aliphatic heterocycles. The number of benzene rings is 3. The summed E-state index contributed by atoms with van der Waals surface area (Å²) in [6.07, 6.45) is 1.04. The molecular weight excluding hydrogens is 400 g/mol. The number of ether oxygens (including phenoxy) is 1. The first-order chi connectivity index (χ1) is 15.4. The largest absolute Gasteiger partial charge is 0.484 e. The Morgan fingerprint density at radius 3 is 2.16 bits per heavy atom. The van der Waals surface area contributed by atoms with E-state index in [1.165, 1.54) is 5.56 Å². The average Bonchev–Trinajstić information content (AvgIpc) is 2.82. The first kappa shape index (κ1) is 23.1. The van der Waals surface area contributed by atoms with Gasteiger partial charge in [0.05, 0.1) is 0 Å².